The summed E-state index contributed by atoms with van der Waals surface area (Å²) in [5, 5.41) is 21.7. The number of allylic oxidation sites excluding steroid dienone is 2. The second-order valence-electron chi connectivity index (χ2n) is 16.7. The van der Waals surface area contributed by atoms with Crippen LogP contribution in [0.5, 0.6) is 5.75 Å². The van der Waals surface area contributed by atoms with Gasteiger partial charge in [0.1, 0.15) is 17.9 Å². The fourth-order valence-corrected chi connectivity index (χ4v) is 7.79. The Morgan fingerprint density at radius 2 is 0.812 bits per heavy atom. The zero-order chi connectivity index (χ0) is 45.9. The van der Waals surface area contributed by atoms with Crippen molar-refractivity contribution in [1.82, 2.24) is 9.80 Å². The molecule has 340 valence electrons. The van der Waals surface area contributed by atoms with Crippen molar-refractivity contribution in [3.63, 3.8) is 0 Å². The predicted molar refractivity (Wildman–Crippen MR) is 267 cm³/mol. The van der Waals surface area contributed by atoms with E-state index in [1.54, 1.807) is 12.1 Å². The molecule has 0 atom stereocenters. The van der Waals surface area contributed by atoms with Crippen LogP contribution >= 0.6 is 0 Å². The largest absolute Gasteiger partial charge is 0.494 e. The van der Waals surface area contributed by atoms with Crippen molar-refractivity contribution in [2.75, 3.05) is 39.4 Å². The summed E-state index contributed by atoms with van der Waals surface area (Å²) < 4.78 is 11.5. The van der Waals surface area contributed by atoms with Gasteiger partial charge in [0.05, 0.1) is 41.3 Å². The Morgan fingerprint density at radius 3 is 1.22 bits per heavy atom. The lowest BCUT2D eigenvalue weighted by molar-refractivity contribution is 0.0499. The van der Waals surface area contributed by atoms with E-state index in [0.29, 0.717) is 29.9 Å². The molecule has 0 heterocycles. The van der Waals surface area contributed by atoms with E-state index in [1.165, 1.54) is 19.3 Å². The summed E-state index contributed by atoms with van der Waals surface area (Å²) in [6.45, 7) is 17.7. The van der Waals surface area contributed by atoms with Crippen molar-refractivity contribution in [3.05, 3.63) is 125 Å². The quantitative estimate of drug-likeness (QED) is 0.0232. The van der Waals surface area contributed by atoms with Crippen molar-refractivity contribution in [3.8, 4) is 29.0 Å². The molecule has 0 radical (unpaired) electrons. The van der Waals surface area contributed by atoms with E-state index in [-0.39, 0.29) is 5.97 Å². The van der Waals surface area contributed by atoms with Crippen LogP contribution in [0.1, 0.15) is 164 Å². The minimum atomic E-state index is -0.344. The predicted octanol–water partition coefficient (Wildman–Crippen LogP) is 14.9. The van der Waals surface area contributed by atoms with E-state index in [9.17, 15) is 15.3 Å². The van der Waals surface area contributed by atoms with Crippen LogP contribution in [0.4, 0.5) is 0 Å². The SMILES string of the molecule is CCCCCCOc1ccc(/C(=C(\C#N)c2ccc(-c3ccc(/C(=C(\C#N)c4ccc(C(=O)OCCCC)cc4)N(CCCC)CCCC)cc3)cc2)N(CCCC)CCCC)cc1. The van der Waals surface area contributed by atoms with E-state index in [4.69, 9.17) is 9.47 Å². The third kappa shape index (κ3) is 15.2. The molecule has 0 N–H and O–H groups in total. The van der Waals surface area contributed by atoms with Crippen molar-refractivity contribution >= 4 is 28.5 Å². The summed E-state index contributed by atoms with van der Waals surface area (Å²) in [5.41, 5.74) is 9.36. The molecule has 7 heteroatoms. The normalized spacial score (nSPS) is 11.8. The lowest BCUT2D eigenvalue weighted by atomic mass is 9.94. The number of benzene rings is 4. The van der Waals surface area contributed by atoms with E-state index < -0.39 is 0 Å². The van der Waals surface area contributed by atoms with Crippen LogP contribution in [0.3, 0.4) is 0 Å². The first-order valence-corrected chi connectivity index (χ1v) is 24.4. The van der Waals surface area contributed by atoms with E-state index in [0.717, 1.165) is 147 Å². The molecular weight excluding hydrogens is 789 g/mol. The number of hydrogen-bond donors (Lipinski definition) is 0. The Balaban J connectivity index is 1.73. The summed E-state index contributed by atoms with van der Waals surface area (Å²) in [4.78, 5) is 17.5. The minimum Gasteiger partial charge on any atom is -0.494 e. The molecule has 0 aliphatic heterocycles. The van der Waals surface area contributed by atoms with Gasteiger partial charge in [0.2, 0.25) is 0 Å². The third-order valence-electron chi connectivity index (χ3n) is 11.7. The number of hydrogen-bond acceptors (Lipinski definition) is 7. The monoisotopic (exact) mass is 863 g/mol. The Labute approximate surface area is 386 Å². The number of esters is 1. The van der Waals surface area contributed by atoms with Crippen molar-refractivity contribution in [2.24, 2.45) is 0 Å². The number of nitrogens with zero attached hydrogens (tertiary/aromatic N) is 4. The maximum absolute atomic E-state index is 12.7. The first-order valence-electron chi connectivity index (χ1n) is 24.4. The fraction of sp³-hybridized carbons (Fsp3) is 0.456. The highest BCUT2D eigenvalue weighted by atomic mass is 16.5. The maximum atomic E-state index is 12.7. The first-order chi connectivity index (χ1) is 31.4. The average Bonchev–Trinajstić information content (AvgIpc) is 3.33. The molecule has 0 aliphatic rings. The highest BCUT2D eigenvalue weighted by molar-refractivity contribution is 5.98. The minimum absolute atomic E-state index is 0.344. The van der Waals surface area contributed by atoms with Crippen LogP contribution in [0.2, 0.25) is 0 Å². The summed E-state index contributed by atoms with van der Waals surface area (Å²) >= 11 is 0. The van der Waals surface area contributed by atoms with Gasteiger partial charge in [-0.05, 0) is 108 Å². The molecule has 7 nitrogen and oxygen atoms in total. The number of carbonyl (C=O) groups excluding carboxylic acids is 1. The Hall–Kier alpha value is -5.79. The van der Waals surface area contributed by atoms with Crippen LogP contribution in [0, 0.1) is 22.7 Å². The number of rotatable bonds is 29. The van der Waals surface area contributed by atoms with Crippen LogP contribution in [-0.2, 0) is 4.74 Å². The highest BCUT2D eigenvalue weighted by Gasteiger charge is 2.21. The molecular formula is C57H74N4O3. The van der Waals surface area contributed by atoms with Gasteiger partial charge in [-0.3, -0.25) is 0 Å². The molecule has 0 bridgehead atoms. The molecule has 4 aromatic carbocycles. The maximum Gasteiger partial charge on any atom is 0.338 e. The van der Waals surface area contributed by atoms with Gasteiger partial charge in [-0.2, -0.15) is 10.5 Å². The molecule has 4 rings (SSSR count). The van der Waals surface area contributed by atoms with Crippen LogP contribution in [0.25, 0.3) is 33.7 Å². The van der Waals surface area contributed by atoms with Gasteiger partial charge in [-0.25, -0.2) is 4.79 Å². The summed E-state index contributed by atoms with van der Waals surface area (Å²) in [7, 11) is 0. The lowest BCUT2D eigenvalue weighted by Crippen LogP contribution is -2.25. The molecule has 0 fully saturated rings. The standard InChI is InChI=1S/C57H74N4O3/c1-7-13-19-20-42-63-52-35-33-50(34-36-52)56(61(39-16-10-4)40-17-11-5)53(43-58)47-25-21-45(22-26-47)46-23-29-49(30-24-46)55(60(37-14-8-2)38-15-9-3)54(44-59)48-27-31-51(32-28-48)57(62)64-41-18-12-6/h21-36H,7-20,37-42H2,1-6H3/b55-54-,56-53-. The second-order valence-corrected chi connectivity index (χ2v) is 16.7. The van der Waals surface area contributed by atoms with Crippen LogP contribution < -0.4 is 4.74 Å². The Morgan fingerprint density at radius 1 is 0.438 bits per heavy atom. The molecule has 0 aromatic heterocycles. The van der Waals surface area contributed by atoms with Crippen LogP contribution in [0.15, 0.2) is 97.1 Å². The summed E-state index contributed by atoms with van der Waals surface area (Å²) in [6.07, 6.45) is 14.8. The fourth-order valence-electron chi connectivity index (χ4n) is 7.79. The zero-order valence-corrected chi connectivity index (χ0v) is 39.9. The molecule has 64 heavy (non-hydrogen) atoms. The Kier molecular flexibility index (Phi) is 22.9. The number of carbonyl (C=O) groups is 1. The smallest absolute Gasteiger partial charge is 0.338 e. The van der Waals surface area contributed by atoms with E-state index in [2.05, 4.69) is 124 Å². The Bertz CT molecular complexity index is 2110. The summed E-state index contributed by atoms with van der Waals surface area (Å²) in [5.74, 6) is 0.516. The molecule has 0 aliphatic carbocycles. The molecule has 4 aromatic rings. The number of nitriles is 2. The van der Waals surface area contributed by atoms with Crippen molar-refractivity contribution in [2.45, 2.75) is 131 Å². The molecule has 0 saturated carbocycles. The van der Waals surface area contributed by atoms with Crippen molar-refractivity contribution in [1.29, 1.82) is 10.5 Å². The molecule has 0 unspecified atom stereocenters. The molecule has 0 amide bonds. The van der Waals surface area contributed by atoms with Gasteiger partial charge in [-0.1, -0.05) is 154 Å². The number of unbranched alkanes of at least 4 members (excludes halogenated alkanes) is 8. The second kappa shape index (κ2) is 28.8. The number of ether oxygens (including phenoxy) is 2. The van der Waals surface area contributed by atoms with E-state index >= 15 is 0 Å². The lowest BCUT2D eigenvalue weighted by Gasteiger charge is -2.29. The topological polar surface area (TPSA) is 89.6 Å². The van der Waals surface area contributed by atoms with E-state index in [1.807, 2.05) is 24.3 Å². The van der Waals surface area contributed by atoms with Crippen molar-refractivity contribution < 1.29 is 14.3 Å². The van der Waals surface area contributed by atoms with Gasteiger partial charge in [0.25, 0.3) is 0 Å². The average molecular weight is 863 g/mol. The van der Waals surface area contributed by atoms with Gasteiger partial charge < -0.3 is 19.3 Å². The van der Waals surface area contributed by atoms with Gasteiger partial charge in [0, 0.05) is 26.2 Å². The highest BCUT2D eigenvalue weighted by Crippen LogP contribution is 2.35. The third-order valence-corrected chi connectivity index (χ3v) is 11.7. The summed E-state index contributed by atoms with van der Waals surface area (Å²) in [6, 6.07) is 37.6. The van der Waals surface area contributed by atoms with Gasteiger partial charge >= 0.3 is 5.97 Å². The first kappa shape index (κ1) is 50.9. The van der Waals surface area contributed by atoms with Gasteiger partial charge in [-0.15, -0.1) is 0 Å². The van der Waals surface area contributed by atoms with Crippen LogP contribution in [-0.4, -0.2) is 55.2 Å². The molecule has 0 spiro atoms. The van der Waals surface area contributed by atoms with Gasteiger partial charge in [0.15, 0.2) is 0 Å². The zero-order valence-electron chi connectivity index (χ0n) is 39.9. The molecule has 0 saturated heterocycles.